The van der Waals surface area contributed by atoms with E-state index in [1.165, 1.54) is 0 Å². The number of piperidine rings is 1. The van der Waals surface area contributed by atoms with E-state index in [4.69, 9.17) is 0 Å². The Balaban J connectivity index is 2.19. The highest BCUT2D eigenvalue weighted by molar-refractivity contribution is 5.40. The van der Waals surface area contributed by atoms with Gasteiger partial charge in [0, 0.05) is 6.42 Å². The number of nitriles is 4. The maximum absolute atomic E-state index is 9.82. The predicted molar refractivity (Wildman–Crippen MR) is 93.4 cm³/mol. The second-order valence-corrected chi connectivity index (χ2v) is 6.42. The first-order chi connectivity index (χ1) is 12.6. The predicted octanol–water partition coefficient (Wildman–Crippen LogP) is 3.53. The summed E-state index contributed by atoms with van der Waals surface area (Å²) >= 11 is 0. The molecule has 2 aromatic carbocycles. The molecule has 1 N–H and O–H groups in total. The summed E-state index contributed by atoms with van der Waals surface area (Å²) in [5, 5.41) is 42.6. The lowest BCUT2D eigenvalue weighted by molar-refractivity contribution is 0.136. The second kappa shape index (κ2) is 6.70. The van der Waals surface area contributed by atoms with Crippen molar-refractivity contribution < 1.29 is 0 Å². The van der Waals surface area contributed by atoms with Crippen molar-refractivity contribution in [3.05, 3.63) is 71.8 Å². The van der Waals surface area contributed by atoms with Gasteiger partial charge in [-0.3, -0.25) is 5.32 Å². The smallest absolute Gasteiger partial charge is 0.165 e. The molecule has 3 rings (SSSR count). The summed E-state index contributed by atoms with van der Waals surface area (Å²) in [5.41, 5.74) is -1.47. The van der Waals surface area contributed by atoms with Crippen LogP contribution in [0.5, 0.6) is 0 Å². The molecule has 0 saturated carbocycles. The van der Waals surface area contributed by atoms with Crippen LogP contribution in [0.3, 0.4) is 0 Å². The van der Waals surface area contributed by atoms with E-state index in [0.29, 0.717) is 0 Å². The molecular formula is C21H15N5. The van der Waals surface area contributed by atoms with Crippen molar-refractivity contribution in [3.8, 4) is 24.3 Å². The molecule has 124 valence electrons. The molecule has 5 nitrogen and oxygen atoms in total. The summed E-state index contributed by atoms with van der Waals surface area (Å²) in [6.07, 6.45) is -0.147. The summed E-state index contributed by atoms with van der Waals surface area (Å²) in [4.78, 5) is 0. The highest BCUT2D eigenvalue weighted by Crippen LogP contribution is 2.53. The van der Waals surface area contributed by atoms with Crippen molar-refractivity contribution in [1.82, 2.24) is 5.32 Å². The van der Waals surface area contributed by atoms with E-state index in [0.717, 1.165) is 11.1 Å². The fraction of sp³-hybridized carbons (Fsp3) is 0.238. The van der Waals surface area contributed by atoms with Crippen LogP contribution in [0.2, 0.25) is 0 Å². The molecule has 2 unspecified atom stereocenters. The highest BCUT2D eigenvalue weighted by atomic mass is 15.0. The van der Waals surface area contributed by atoms with Gasteiger partial charge >= 0.3 is 0 Å². The molecular weight excluding hydrogens is 322 g/mol. The molecule has 1 heterocycles. The number of nitrogens with zero attached hydrogens (tertiary/aromatic N) is 4. The van der Waals surface area contributed by atoms with Crippen molar-refractivity contribution in [2.75, 3.05) is 0 Å². The standard InChI is InChI=1S/C21H15N5/c22-12-20(13-23)11-21(14-24,15-25)19(17-9-5-2-6-10-17)26-18(20)16-7-3-1-4-8-16/h1-10,18-19,26H,11H2. The van der Waals surface area contributed by atoms with E-state index in [-0.39, 0.29) is 6.42 Å². The Morgan fingerprint density at radius 1 is 0.654 bits per heavy atom. The molecule has 0 spiro atoms. The third kappa shape index (κ3) is 2.58. The average molecular weight is 337 g/mol. The number of benzene rings is 2. The Bertz CT molecular complexity index is 846. The van der Waals surface area contributed by atoms with Gasteiger partial charge in [-0.2, -0.15) is 21.0 Å². The molecule has 0 amide bonds. The van der Waals surface area contributed by atoms with Crippen LogP contribution in [0.1, 0.15) is 29.6 Å². The van der Waals surface area contributed by atoms with Crippen molar-refractivity contribution in [2.45, 2.75) is 18.5 Å². The third-order valence-corrected chi connectivity index (χ3v) is 4.94. The van der Waals surface area contributed by atoms with Gasteiger partial charge in [0.2, 0.25) is 0 Å². The van der Waals surface area contributed by atoms with Crippen LogP contribution in [0.4, 0.5) is 0 Å². The maximum atomic E-state index is 9.82. The average Bonchev–Trinajstić information content (AvgIpc) is 2.74. The van der Waals surface area contributed by atoms with E-state index in [9.17, 15) is 21.0 Å². The second-order valence-electron chi connectivity index (χ2n) is 6.42. The fourth-order valence-corrected chi connectivity index (χ4v) is 3.61. The van der Waals surface area contributed by atoms with E-state index in [1.54, 1.807) is 0 Å². The van der Waals surface area contributed by atoms with E-state index in [1.807, 2.05) is 60.7 Å². The zero-order chi connectivity index (χ0) is 18.6. The summed E-state index contributed by atoms with van der Waals surface area (Å²) in [5.74, 6) is 0. The van der Waals surface area contributed by atoms with Gasteiger partial charge in [-0.05, 0) is 11.1 Å². The van der Waals surface area contributed by atoms with Crippen LogP contribution in [-0.4, -0.2) is 0 Å². The number of hydrogen-bond donors (Lipinski definition) is 1. The SMILES string of the molecule is N#CC1(C#N)CC(C#N)(C#N)C(c2ccccc2)NC1c1ccccc1. The first-order valence-corrected chi connectivity index (χ1v) is 8.15. The minimum absolute atomic E-state index is 0.147. The zero-order valence-corrected chi connectivity index (χ0v) is 13.9. The number of rotatable bonds is 2. The maximum Gasteiger partial charge on any atom is 0.165 e. The summed E-state index contributed by atoms with van der Waals surface area (Å²) in [6, 6.07) is 25.6. The molecule has 0 radical (unpaired) electrons. The topological polar surface area (TPSA) is 107 Å². The lowest BCUT2D eigenvalue weighted by Gasteiger charge is -2.45. The van der Waals surface area contributed by atoms with Crippen LogP contribution in [0.25, 0.3) is 0 Å². The largest absolute Gasteiger partial charge is 0.298 e. The summed E-state index contributed by atoms with van der Waals surface area (Å²) in [6.45, 7) is 0. The quantitative estimate of drug-likeness (QED) is 0.902. The van der Waals surface area contributed by atoms with Crippen LogP contribution in [0, 0.1) is 56.2 Å². The van der Waals surface area contributed by atoms with Gasteiger partial charge in [0.15, 0.2) is 10.8 Å². The molecule has 1 aliphatic rings. The van der Waals surface area contributed by atoms with E-state index in [2.05, 4.69) is 29.6 Å². The molecule has 0 aliphatic carbocycles. The molecule has 0 aromatic heterocycles. The molecule has 1 saturated heterocycles. The Hall–Kier alpha value is -3.64. The van der Waals surface area contributed by atoms with Crippen molar-refractivity contribution >= 4 is 0 Å². The van der Waals surface area contributed by atoms with Gasteiger partial charge in [-0.1, -0.05) is 60.7 Å². The Morgan fingerprint density at radius 3 is 1.31 bits per heavy atom. The minimum Gasteiger partial charge on any atom is -0.298 e. The number of nitrogens with one attached hydrogen (secondary N) is 1. The number of hydrogen-bond acceptors (Lipinski definition) is 5. The van der Waals surface area contributed by atoms with E-state index >= 15 is 0 Å². The first-order valence-electron chi connectivity index (χ1n) is 8.15. The molecule has 5 heteroatoms. The van der Waals surface area contributed by atoms with Crippen LogP contribution >= 0.6 is 0 Å². The molecule has 0 bridgehead atoms. The highest BCUT2D eigenvalue weighted by Gasteiger charge is 2.57. The molecule has 2 atom stereocenters. The lowest BCUT2D eigenvalue weighted by Crippen LogP contribution is -2.52. The third-order valence-electron chi connectivity index (χ3n) is 4.94. The fourth-order valence-electron chi connectivity index (χ4n) is 3.61. The lowest BCUT2D eigenvalue weighted by atomic mass is 9.60. The molecule has 26 heavy (non-hydrogen) atoms. The Labute approximate surface area is 152 Å². The van der Waals surface area contributed by atoms with Crippen molar-refractivity contribution in [2.24, 2.45) is 10.8 Å². The van der Waals surface area contributed by atoms with Crippen LogP contribution in [-0.2, 0) is 0 Å². The molecule has 2 aromatic rings. The van der Waals surface area contributed by atoms with Gasteiger partial charge in [0.25, 0.3) is 0 Å². The van der Waals surface area contributed by atoms with Gasteiger partial charge in [-0.15, -0.1) is 0 Å². The van der Waals surface area contributed by atoms with Crippen molar-refractivity contribution in [3.63, 3.8) is 0 Å². The molecule has 1 aliphatic heterocycles. The summed E-state index contributed by atoms with van der Waals surface area (Å²) in [7, 11) is 0. The van der Waals surface area contributed by atoms with Gasteiger partial charge in [0.05, 0.1) is 36.4 Å². The van der Waals surface area contributed by atoms with Crippen LogP contribution < -0.4 is 5.32 Å². The Morgan fingerprint density at radius 2 is 1.00 bits per heavy atom. The minimum atomic E-state index is -1.52. The van der Waals surface area contributed by atoms with Gasteiger partial charge < -0.3 is 0 Å². The van der Waals surface area contributed by atoms with Crippen molar-refractivity contribution in [1.29, 1.82) is 21.0 Å². The summed E-state index contributed by atoms with van der Waals surface area (Å²) < 4.78 is 0. The van der Waals surface area contributed by atoms with E-state index < -0.39 is 22.9 Å². The van der Waals surface area contributed by atoms with Gasteiger partial charge in [0.1, 0.15) is 0 Å². The zero-order valence-electron chi connectivity index (χ0n) is 13.9. The van der Waals surface area contributed by atoms with Gasteiger partial charge in [-0.25, -0.2) is 0 Å². The molecule has 1 fully saturated rings. The Kier molecular flexibility index (Phi) is 4.43. The monoisotopic (exact) mass is 337 g/mol. The first kappa shape index (κ1) is 17.2. The van der Waals surface area contributed by atoms with Crippen LogP contribution in [0.15, 0.2) is 60.7 Å². The normalized spacial score (nSPS) is 22.8.